The second kappa shape index (κ2) is 14.0. The molecule has 15 rings (SSSR count). The van der Waals surface area contributed by atoms with E-state index in [-0.39, 0.29) is 0 Å². The number of benzene rings is 10. The maximum absolute atomic E-state index is 7.39. The van der Waals surface area contributed by atoms with Crippen molar-refractivity contribution in [2.75, 3.05) is 9.80 Å². The number of furan rings is 3. The SMILES string of the molecule is c1ccc(N(c2ccc3oc4ccccc4c3c2)c2cccc3c2C2(c4ccccc4-c4ccc(N(c5ccccc5)c5cccc6c5oc5ccccc56)cc42)c2oc4ccccc4c2-3)cc1. The Morgan fingerprint density at radius 3 is 1.62 bits per heavy atom. The van der Waals surface area contributed by atoms with E-state index >= 15 is 0 Å². The van der Waals surface area contributed by atoms with Gasteiger partial charge in [-0.15, -0.1) is 0 Å². The van der Waals surface area contributed by atoms with E-state index in [4.69, 9.17) is 13.3 Å². The van der Waals surface area contributed by atoms with Gasteiger partial charge in [0, 0.05) is 60.8 Å². The van der Waals surface area contributed by atoms with E-state index in [0.29, 0.717) is 0 Å². The van der Waals surface area contributed by atoms with Crippen molar-refractivity contribution in [2.24, 2.45) is 0 Å². The molecule has 3 heterocycles. The number of fused-ring (bicyclic) bond motifs is 18. The molecule has 2 aliphatic rings. The van der Waals surface area contributed by atoms with E-state index < -0.39 is 5.41 Å². The highest BCUT2D eigenvalue weighted by Gasteiger charge is 2.57. The zero-order valence-corrected chi connectivity index (χ0v) is 36.6. The van der Waals surface area contributed by atoms with Crippen molar-refractivity contribution < 1.29 is 13.3 Å². The molecule has 3 aromatic heterocycles. The summed E-state index contributed by atoms with van der Waals surface area (Å²) in [6, 6.07) is 82.3. The minimum Gasteiger partial charge on any atom is -0.459 e. The Hall–Kier alpha value is -9.06. The van der Waals surface area contributed by atoms with Crippen LogP contribution in [0.15, 0.2) is 244 Å². The van der Waals surface area contributed by atoms with Gasteiger partial charge in [0.2, 0.25) is 0 Å². The molecule has 0 saturated carbocycles. The molecular formula is C63H38N2O3. The second-order valence-corrected chi connectivity index (χ2v) is 17.9. The fraction of sp³-hybridized carbons (Fsp3) is 0.0159. The third-order valence-corrected chi connectivity index (χ3v) is 14.4. The molecule has 2 aliphatic carbocycles. The summed E-state index contributed by atoms with van der Waals surface area (Å²) in [6.07, 6.45) is 0. The molecule has 68 heavy (non-hydrogen) atoms. The molecule has 318 valence electrons. The largest absolute Gasteiger partial charge is 0.459 e. The first kappa shape index (κ1) is 37.2. The van der Waals surface area contributed by atoms with Gasteiger partial charge in [-0.2, -0.15) is 0 Å². The molecule has 5 heteroatoms. The Balaban J connectivity index is 1.05. The van der Waals surface area contributed by atoms with Crippen molar-refractivity contribution in [1.82, 2.24) is 0 Å². The van der Waals surface area contributed by atoms with Crippen molar-refractivity contribution in [3.05, 3.63) is 253 Å². The number of hydrogen-bond acceptors (Lipinski definition) is 5. The van der Waals surface area contributed by atoms with Crippen molar-refractivity contribution in [3.8, 4) is 22.3 Å². The van der Waals surface area contributed by atoms with Crippen LogP contribution in [0.3, 0.4) is 0 Å². The maximum atomic E-state index is 7.39. The predicted octanol–water partition coefficient (Wildman–Crippen LogP) is 17.5. The summed E-state index contributed by atoms with van der Waals surface area (Å²) >= 11 is 0. The van der Waals surface area contributed by atoms with Crippen molar-refractivity contribution in [1.29, 1.82) is 0 Å². The highest BCUT2D eigenvalue weighted by Crippen LogP contribution is 2.67. The lowest BCUT2D eigenvalue weighted by molar-refractivity contribution is 0.507. The Morgan fingerprint density at radius 2 is 0.838 bits per heavy atom. The summed E-state index contributed by atoms with van der Waals surface area (Å²) in [5, 5.41) is 5.43. The Morgan fingerprint density at radius 1 is 0.309 bits per heavy atom. The molecule has 0 bridgehead atoms. The van der Waals surface area contributed by atoms with E-state index in [1.54, 1.807) is 0 Å². The van der Waals surface area contributed by atoms with Gasteiger partial charge < -0.3 is 23.1 Å². The van der Waals surface area contributed by atoms with Crippen LogP contribution < -0.4 is 9.80 Å². The molecule has 1 atom stereocenters. The van der Waals surface area contributed by atoms with Gasteiger partial charge in [-0.3, -0.25) is 0 Å². The molecule has 10 aromatic carbocycles. The summed E-state index contributed by atoms with van der Waals surface area (Å²) < 4.78 is 20.6. The van der Waals surface area contributed by atoms with Crippen molar-refractivity contribution in [3.63, 3.8) is 0 Å². The lowest BCUT2D eigenvalue weighted by Gasteiger charge is -2.35. The second-order valence-electron chi connectivity index (χ2n) is 17.9. The van der Waals surface area contributed by atoms with Crippen molar-refractivity contribution in [2.45, 2.75) is 5.41 Å². The van der Waals surface area contributed by atoms with Crippen LogP contribution in [0.25, 0.3) is 77.1 Å². The first-order valence-electron chi connectivity index (χ1n) is 23.2. The van der Waals surface area contributed by atoms with Crippen LogP contribution in [0.4, 0.5) is 34.1 Å². The van der Waals surface area contributed by atoms with Crippen LogP contribution in [0.5, 0.6) is 0 Å². The number of rotatable bonds is 6. The average Bonchev–Trinajstić information content (AvgIpc) is 4.20. The molecule has 0 radical (unpaired) electrons. The summed E-state index contributed by atoms with van der Waals surface area (Å²) in [6.45, 7) is 0. The van der Waals surface area contributed by atoms with Gasteiger partial charge in [0.1, 0.15) is 33.5 Å². The predicted molar refractivity (Wildman–Crippen MR) is 276 cm³/mol. The smallest absolute Gasteiger partial charge is 0.159 e. The number of hydrogen-bond donors (Lipinski definition) is 0. The summed E-state index contributed by atoms with van der Waals surface area (Å²) in [5.74, 6) is 0.930. The van der Waals surface area contributed by atoms with Gasteiger partial charge >= 0.3 is 0 Å². The Labute approximate surface area is 390 Å². The average molecular weight is 871 g/mol. The summed E-state index contributed by atoms with van der Waals surface area (Å²) in [5.41, 5.74) is 17.7. The number of para-hydroxylation sites is 6. The third-order valence-electron chi connectivity index (χ3n) is 14.4. The molecule has 0 N–H and O–H groups in total. The summed E-state index contributed by atoms with van der Waals surface area (Å²) in [4.78, 5) is 4.78. The monoisotopic (exact) mass is 870 g/mol. The minimum atomic E-state index is -0.866. The van der Waals surface area contributed by atoms with Crippen LogP contribution in [0.1, 0.15) is 22.5 Å². The molecule has 0 saturated heterocycles. The van der Waals surface area contributed by atoms with Crippen LogP contribution in [0.2, 0.25) is 0 Å². The molecule has 0 amide bonds. The molecule has 5 nitrogen and oxygen atoms in total. The van der Waals surface area contributed by atoms with E-state index in [2.05, 4.69) is 222 Å². The van der Waals surface area contributed by atoms with E-state index in [1.807, 2.05) is 18.2 Å². The molecule has 0 fully saturated rings. The van der Waals surface area contributed by atoms with Gasteiger partial charge in [0.05, 0.1) is 11.4 Å². The zero-order valence-electron chi connectivity index (χ0n) is 36.6. The first-order chi connectivity index (χ1) is 33.7. The minimum absolute atomic E-state index is 0.838. The van der Waals surface area contributed by atoms with E-state index in [1.165, 1.54) is 22.3 Å². The third kappa shape index (κ3) is 4.99. The standard InChI is InChI=1S/C63H38N2O3/c1-3-17-39(18-4-1)64(41-34-36-58-50(37-41)46-23-9-12-30-55(46)66-58)53-28-16-26-49-59-48-24-10-14-32-57(48)68-62(59)63(60(49)53)51-27-11-7-21-43(51)44-35-33-42(38-52(44)63)65(40-19-5-2-6-20-40)54-29-15-25-47-45-22-8-13-31-56(45)67-61(47)54/h1-38H. The van der Waals surface area contributed by atoms with Crippen LogP contribution in [-0.4, -0.2) is 0 Å². The lowest BCUT2D eigenvalue weighted by Crippen LogP contribution is -2.28. The van der Waals surface area contributed by atoms with Gasteiger partial charge in [-0.05, 0) is 113 Å². The molecule has 1 spiro atoms. The van der Waals surface area contributed by atoms with E-state index in [9.17, 15) is 0 Å². The number of nitrogens with zero attached hydrogens (tertiary/aromatic N) is 2. The highest BCUT2D eigenvalue weighted by molar-refractivity contribution is 6.12. The van der Waals surface area contributed by atoms with Crippen LogP contribution in [-0.2, 0) is 5.41 Å². The fourth-order valence-electron chi connectivity index (χ4n) is 11.7. The van der Waals surface area contributed by atoms with Gasteiger partial charge in [0.15, 0.2) is 5.58 Å². The molecular weight excluding hydrogens is 833 g/mol. The Bertz CT molecular complexity index is 4180. The summed E-state index contributed by atoms with van der Waals surface area (Å²) in [7, 11) is 0. The van der Waals surface area contributed by atoms with Gasteiger partial charge in [0.25, 0.3) is 0 Å². The van der Waals surface area contributed by atoms with Gasteiger partial charge in [-0.25, -0.2) is 0 Å². The van der Waals surface area contributed by atoms with E-state index in [0.717, 1.165) is 111 Å². The zero-order chi connectivity index (χ0) is 44.5. The quantitative estimate of drug-likeness (QED) is 0.167. The van der Waals surface area contributed by atoms with Gasteiger partial charge in [-0.1, -0.05) is 146 Å². The maximum Gasteiger partial charge on any atom is 0.159 e. The molecule has 0 aliphatic heterocycles. The first-order valence-corrected chi connectivity index (χ1v) is 23.2. The van der Waals surface area contributed by atoms with Crippen LogP contribution >= 0.6 is 0 Å². The molecule has 1 unspecified atom stereocenters. The normalized spacial score (nSPS) is 14.5. The topological polar surface area (TPSA) is 45.9 Å². The lowest BCUT2D eigenvalue weighted by atomic mass is 9.72. The fourth-order valence-corrected chi connectivity index (χ4v) is 11.7. The Kier molecular flexibility index (Phi) is 7.64. The number of anilines is 6. The highest BCUT2D eigenvalue weighted by atomic mass is 16.3. The van der Waals surface area contributed by atoms with Crippen LogP contribution in [0, 0.1) is 0 Å². The molecule has 13 aromatic rings. The van der Waals surface area contributed by atoms with Crippen molar-refractivity contribution >= 4 is 89.0 Å².